The lowest BCUT2D eigenvalue weighted by Gasteiger charge is -2.05. The third kappa shape index (κ3) is 3.92. The molecule has 108 valence electrons. The molecule has 0 spiro atoms. The van der Waals surface area contributed by atoms with E-state index in [1.54, 1.807) is 30.3 Å². The van der Waals surface area contributed by atoms with E-state index in [4.69, 9.17) is 4.74 Å². The van der Waals surface area contributed by atoms with E-state index >= 15 is 0 Å². The molecule has 0 saturated heterocycles. The molecule has 0 radical (unpaired) electrons. The van der Waals surface area contributed by atoms with Gasteiger partial charge in [-0.05, 0) is 48.4 Å². The highest BCUT2D eigenvalue weighted by atomic mass is 19.1. The maximum atomic E-state index is 13.2. The van der Waals surface area contributed by atoms with Gasteiger partial charge in [0.25, 0.3) is 0 Å². The van der Waals surface area contributed by atoms with E-state index in [-0.39, 0.29) is 5.57 Å². The topological polar surface area (TPSA) is 46.5 Å². The minimum Gasteiger partial charge on any atom is -0.494 e. The van der Waals surface area contributed by atoms with Crippen LogP contribution in [0.5, 0.6) is 5.75 Å². The Kier molecular flexibility index (Phi) is 4.72. The molecular formula is C17H15FO3. The summed E-state index contributed by atoms with van der Waals surface area (Å²) < 4.78 is 18.6. The molecule has 1 N–H and O–H groups in total. The number of benzene rings is 2. The van der Waals surface area contributed by atoms with Crippen LogP contribution < -0.4 is 4.74 Å². The van der Waals surface area contributed by atoms with Crippen LogP contribution in [0, 0.1) is 5.82 Å². The molecule has 0 aromatic heterocycles. The van der Waals surface area contributed by atoms with Crippen molar-refractivity contribution in [3.8, 4) is 5.75 Å². The molecule has 2 aromatic carbocycles. The average molecular weight is 286 g/mol. The summed E-state index contributed by atoms with van der Waals surface area (Å²) in [5.41, 5.74) is 1.08. The number of carbonyl (C=O) groups is 1. The van der Waals surface area contributed by atoms with E-state index in [1.165, 1.54) is 24.3 Å². The van der Waals surface area contributed by atoms with Crippen molar-refractivity contribution < 1.29 is 19.0 Å². The number of halogens is 1. The number of hydrogen-bond acceptors (Lipinski definition) is 2. The fourth-order valence-corrected chi connectivity index (χ4v) is 1.92. The second-order valence-corrected chi connectivity index (χ2v) is 4.38. The van der Waals surface area contributed by atoms with Crippen molar-refractivity contribution in [2.45, 2.75) is 6.92 Å². The van der Waals surface area contributed by atoms with Crippen LogP contribution in [0.3, 0.4) is 0 Å². The minimum atomic E-state index is -1.10. The molecule has 4 heteroatoms. The first-order chi connectivity index (χ1) is 10.1. The molecule has 0 aliphatic rings. The van der Waals surface area contributed by atoms with Crippen molar-refractivity contribution in [3.05, 3.63) is 65.5 Å². The Bertz CT molecular complexity index is 660. The van der Waals surface area contributed by atoms with Gasteiger partial charge in [0.15, 0.2) is 0 Å². The summed E-state index contributed by atoms with van der Waals surface area (Å²) in [4.78, 5) is 11.4. The first-order valence-corrected chi connectivity index (χ1v) is 6.54. The van der Waals surface area contributed by atoms with Crippen LogP contribution in [0.1, 0.15) is 18.1 Å². The van der Waals surface area contributed by atoms with Gasteiger partial charge in [0, 0.05) is 0 Å². The van der Waals surface area contributed by atoms with E-state index < -0.39 is 11.8 Å². The summed E-state index contributed by atoms with van der Waals surface area (Å²) in [6.07, 6.45) is 1.51. The smallest absolute Gasteiger partial charge is 0.336 e. The Balaban J connectivity index is 2.35. The third-order valence-electron chi connectivity index (χ3n) is 2.87. The van der Waals surface area contributed by atoms with Crippen LogP contribution >= 0.6 is 0 Å². The van der Waals surface area contributed by atoms with Gasteiger partial charge in [-0.25, -0.2) is 9.18 Å². The second-order valence-electron chi connectivity index (χ2n) is 4.38. The first kappa shape index (κ1) is 14.8. The van der Waals surface area contributed by atoms with Gasteiger partial charge in [-0.1, -0.05) is 24.3 Å². The number of carboxylic acid groups (broad SMARTS) is 1. The summed E-state index contributed by atoms with van der Waals surface area (Å²) in [5, 5.41) is 9.30. The van der Waals surface area contributed by atoms with Crippen LogP contribution in [0.2, 0.25) is 0 Å². The summed E-state index contributed by atoms with van der Waals surface area (Å²) >= 11 is 0. The van der Waals surface area contributed by atoms with Crippen molar-refractivity contribution in [1.29, 1.82) is 0 Å². The van der Waals surface area contributed by atoms with Crippen molar-refractivity contribution in [2.75, 3.05) is 6.61 Å². The fraction of sp³-hybridized carbons (Fsp3) is 0.118. The zero-order valence-electron chi connectivity index (χ0n) is 11.5. The zero-order chi connectivity index (χ0) is 15.2. The summed E-state index contributed by atoms with van der Waals surface area (Å²) in [5.74, 6) is -0.849. The molecule has 2 aromatic rings. The Labute approximate surface area is 122 Å². The molecule has 0 saturated carbocycles. The molecule has 0 amide bonds. The van der Waals surface area contributed by atoms with Crippen molar-refractivity contribution in [2.24, 2.45) is 0 Å². The Morgan fingerprint density at radius 3 is 2.52 bits per heavy atom. The number of ether oxygens (including phenoxy) is 1. The van der Waals surface area contributed by atoms with Gasteiger partial charge in [0.05, 0.1) is 12.2 Å². The van der Waals surface area contributed by atoms with Gasteiger partial charge >= 0.3 is 5.97 Å². The lowest BCUT2D eigenvalue weighted by atomic mass is 10.0. The predicted molar refractivity (Wildman–Crippen MR) is 79.5 cm³/mol. The highest BCUT2D eigenvalue weighted by Gasteiger charge is 2.11. The third-order valence-corrected chi connectivity index (χ3v) is 2.87. The van der Waals surface area contributed by atoms with Crippen molar-refractivity contribution in [3.63, 3.8) is 0 Å². The Morgan fingerprint density at radius 2 is 1.95 bits per heavy atom. The summed E-state index contributed by atoms with van der Waals surface area (Å²) in [7, 11) is 0. The molecule has 0 aliphatic carbocycles. The Hall–Kier alpha value is -2.62. The first-order valence-electron chi connectivity index (χ1n) is 6.54. The van der Waals surface area contributed by atoms with E-state index in [9.17, 15) is 14.3 Å². The zero-order valence-corrected chi connectivity index (χ0v) is 11.5. The minimum absolute atomic E-state index is 0.0404. The fourth-order valence-electron chi connectivity index (χ4n) is 1.92. The normalized spacial score (nSPS) is 11.2. The molecule has 0 unspecified atom stereocenters. The molecule has 0 fully saturated rings. The maximum Gasteiger partial charge on any atom is 0.336 e. The number of aliphatic carboxylic acids is 1. The monoisotopic (exact) mass is 286 g/mol. The van der Waals surface area contributed by atoms with E-state index in [1.807, 2.05) is 6.92 Å². The molecule has 2 rings (SSSR count). The van der Waals surface area contributed by atoms with Crippen molar-refractivity contribution in [1.82, 2.24) is 0 Å². The number of hydrogen-bond donors (Lipinski definition) is 1. The quantitative estimate of drug-likeness (QED) is 0.671. The van der Waals surface area contributed by atoms with Gasteiger partial charge in [0.1, 0.15) is 11.6 Å². The second kappa shape index (κ2) is 6.70. The van der Waals surface area contributed by atoms with Crippen LogP contribution in [0.15, 0.2) is 48.5 Å². The molecular weight excluding hydrogens is 271 g/mol. The molecule has 0 heterocycles. The standard InChI is InChI=1S/C17H15FO3/c1-2-21-15-8-6-12(7-9-15)10-16(17(19)20)13-4-3-5-14(18)11-13/h3-11H,2H2,1H3,(H,19,20)/b16-10+. The largest absolute Gasteiger partial charge is 0.494 e. The highest BCUT2D eigenvalue weighted by Crippen LogP contribution is 2.21. The van der Waals surface area contributed by atoms with Gasteiger partial charge in [-0.15, -0.1) is 0 Å². The van der Waals surface area contributed by atoms with E-state index in [0.717, 1.165) is 5.75 Å². The molecule has 3 nitrogen and oxygen atoms in total. The number of carboxylic acids is 1. The average Bonchev–Trinajstić information content (AvgIpc) is 2.46. The van der Waals surface area contributed by atoms with E-state index in [0.29, 0.717) is 17.7 Å². The highest BCUT2D eigenvalue weighted by molar-refractivity contribution is 6.20. The van der Waals surface area contributed by atoms with Gasteiger partial charge in [0.2, 0.25) is 0 Å². The molecule has 0 atom stereocenters. The summed E-state index contributed by atoms with van der Waals surface area (Å²) in [6.45, 7) is 2.46. The van der Waals surface area contributed by atoms with Crippen LogP contribution in [0.25, 0.3) is 11.6 Å². The predicted octanol–water partition coefficient (Wildman–Crippen LogP) is 3.85. The number of rotatable bonds is 5. The lowest BCUT2D eigenvalue weighted by Crippen LogP contribution is -2.00. The SMILES string of the molecule is CCOc1ccc(/C=C(/C(=O)O)c2cccc(F)c2)cc1. The maximum absolute atomic E-state index is 13.2. The molecule has 0 aliphatic heterocycles. The van der Waals surface area contributed by atoms with Gasteiger partial charge in [-0.2, -0.15) is 0 Å². The lowest BCUT2D eigenvalue weighted by molar-refractivity contribution is -0.130. The summed E-state index contributed by atoms with van der Waals surface area (Å²) in [6, 6.07) is 12.6. The molecule has 0 bridgehead atoms. The van der Waals surface area contributed by atoms with Crippen LogP contribution in [-0.4, -0.2) is 17.7 Å². The van der Waals surface area contributed by atoms with Crippen LogP contribution in [-0.2, 0) is 4.79 Å². The van der Waals surface area contributed by atoms with Crippen LogP contribution in [0.4, 0.5) is 4.39 Å². The van der Waals surface area contributed by atoms with E-state index in [2.05, 4.69) is 0 Å². The Morgan fingerprint density at radius 1 is 1.24 bits per heavy atom. The molecule has 21 heavy (non-hydrogen) atoms. The van der Waals surface area contributed by atoms with Gasteiger partial charge in [-0.3, -0.25) is 0 Å². The van der Waals surface area contributed by atoms with Gasteiger partial charge < -0.3 is 9.84 Å². The van der Waals surface area contributed by atoms with Crippen molar-refractivity contribution >= 4 is 17.6 Å².